The quantitative estimate of drug-likeness (QED) is 0.860. The van der Waals surface area contributed by atoms with Gasteiger partial charge in [-0.05, 0) is 31.4 Å². The predicted molar refractivity (Wildman–Crippen MR) is 56.1 cm³/mol. The molecule has 0 aliphatic carbocycles. The second kappa shape index (κ2) is 4.60. The highest BCUT2D eigenvalue weighted by atomic mass is 19.1. The van der Waals surface area contributed by atoms with Crippen LogP contribution in [0.1, 0.15) is 25.8 Å². The molecule has 1 N–H and O–H groups in total. The second-order valence-corrected chi connectivity index (χ2v) is 4.13. The van der Waals surface area contributed by atoms with Crippen molar-refractivity contribution in [3.05, 3.63) is 35.4 Å². The van der Waals surface area contributed by atoms with E-state index in [4.69, 9.17) is 5.11 Å². The van der Waals surface area contributed by atoms with Gasteiger partial charge in [-0.25, -0.2) is 8.78 Å². The molecule has 0 fully saturated rings. The van der Waals surface area contributed by atoms with Crippen molar-refractivity contribution in [3.8, 4) is 0 Å². The van der Waals surface area contributed by atoms with Gasteiger partial charge < -0.3 is 5.11 Å². The molecule has 1 aromatic carbocycles. The van der Waals surface area contributed by atoms with Crippen molar-refractivity contribution in [2.45, 2.75) is 26.7 Å². The standard InChI is InChI=1S/C12H14F2O2/c1-3-12(2,11(15)16)7-8-4-5-9(13)6-10(8)14/h4-6H,3,7H2,1-2H3,(H,15,16). The van der Waals surface area contributed by atoms with Crippen molar-refractivity contribution in [2.75, 3.05) is 0 Å². The normalized spacial score (nSPS) is 14.5. The van der Waals surface area contributed by atoms with E-state index in [9.17, 15) is 13.6 Å². The molecule has 2 nitrogen and oxygen atoms in total. The van der Waals surface area contributed by atoms with Crippen molar-refractivity contribution in [1.29, 1.82) is 0 Å². The lowest BCUT2D eigenvalue weighted by molar-refractivity contribution is -0.148. The molecule has 0 saturated heterocycles. The van der Waals surface area contributed by atoms with Gasteiger partial charge in [0.25, 0.3) is 0 Å². The molecule has 0 radical (unpaired) electrons. The zero-order valence-electron chi connectivity index (χ0n) is 9.26. The summed E-state index contributed by atoms with van der Waals surface area (Å²) in [4.78, 5) is 11.0. The minimum absolute atomic E-state index is 0.0605. The number of benzene rings is 1. The Morgan fingerprint density at radius 2 is 2.06 bits per heavy atom. The Hall–Kier alpha value is -1.45. The number of carboxylic acids is 1. The molecule has 16 heavy (non-hydrogen) atoms. The van der Waals surface area contributed by atoms with Crippen LogP contribution in [0.4, 0.5) is 8.78 Å². The molecule has 0 saturated carbocycles. The summed E-state index contributed by atoms with van der Waals surface area (Å²) in [6.07, 6.45) is 0.449. The SMILES string of the molecule is CCC(C)(Cc1ccc(F)cc1F)C(=O)O. The Kier molecular flexibility index (Phi) is 3.62. The smallest absolute Gasteiger partial charge is 0.309 e. The third kappa shape index (κ3) is 2.56. The van der Waals surface area contributed by atoms with Gasteiger partial charge in [-0.1, -0.05) is 13.0 Å². The average molecular weight is 228 g/mol. The van der Waals surface area contributed by atoms with Crippen LogP contribution in [0.3, 0.4) is 0 Å². The molecule has 0 aliphatic heterocycles. The molecule has 0 spiro atoms. The zero-order chi connectivity index (χ0) is 12.3. The number of carbonyl (C=O) groups is 1. The predicted octanol–water partition coefficient (Wildman–Crippen LogP) is 3.01. The van der Waals surface area contributed by atoms with Crippen molar-refractivity contribution in [1.82, 2.24) is 0 Å². The summed E-state index contributed by atoms with van der Waals surface area (Å²) >= 11 is 0. The molecule has 1 atom stereocenters. The molecule has 4 heteroatoms. The van der Waals surface area contributed by atoms with Crippen LogP contribution in [0, 0.1) is 17.0 Å². The van der Waals surface area contributed by atoms with Crippen molar-refractivity contribution in [3.63, 3.8) is 0 Å². The minimum Gasteiger partial charge on any atom is -0.481 e. The molecule has 1 aromatic rings. The highest BCUT2D eigenvalue weighted by Gasteiger charge is 2.32. The Bertz CT molecular complexity index is 404. The maximum atomic E-state index is 13.3. The van der Waals surface area contributed by atoms with E-state index in [1.165, 1.54) is 6.07 Å². The highest BCUT2D eigenvalue weighted by Crippen LogP contribution is 2.28. The zero-order valence-corrected chi connectivity index (χ0v) is 9.26. The van der Waals surface area contributed by atoms with E-state index in [1.54, 1.807) is 13.8 Å². The molecule has 1 unspecified atom stereocenters. The fourth-order valence-electron chi connectivity index (χ4n) is 1.44. The fourth-order valence-corrected chi connectivity index (χ4v) is 1.44. The summed E-state index contributed by atoms with van der Waals surface area (Å²) < 4.78 is 26.0. The van der Waals surface area contributed by atoms with Gasteiger partial charge in [0.15, 0.2) is 0 Å². The lowest BCUT2D eigenvalue weighted by atomic mass is 9.81. The lowest BCUT2D eigenvalue weighted by Gasteiger charge is -2.23. The van der Waals surface area contributed by atoms with Crippen LogP contribution in [-0.4, -0.2) is 11.1 Å². The molecule has 88 valence electrons. The third-order valence-electron chi connectivity index (χ3n) is 2.89. The second-order valence-electron chi connectivity index (χ2n) is 4.13. The molecule has 0 aromatic heterocycles. The van der Waals surface area contributed by atoms with Crippen LogP contribution >= 0.6 is 0 Å². The highest BCUT2D eigenvalue weighted by molar-refractivity contribution is 5.74. The van der Waals surface area contributed by atoms with Gasteiger partial charge in [0.1, 0.15) is 11.6 Å². The number of hydrogen-bond donors (Lipinski definition) is 1. The van der Waals surface area contributed by atoms with Gasteiger partial charge in [0.05, 0.1) is 5.41 Å². The number of carboxylic acid groups (broad SMARTS) is 1. The van der Waals surface area contributed by atoms with Gasteiger partial charge in [-0.2, -0.15) is 0 Å². The van der Waals surface area contributed by atoms with Gasteiger partial charge in [-0.3, -0.25) is 4.79 Å². The first kappa shape index (κ1) is 12.6. The monoisotopic (exact) mass is 228 g/mol. The van der Waals surface area contributed by atoms with Crippen molar-refractivity contribution in [2.24, 2.45) is 5.41 Å². The van der Waals surface area contributed by atoms with Crippen LogP contribution in [0.25, 0.3) is 0 Å². The third-order valence-corrected chi connectivity index (χ3v) is 2.89. The number of halogens is 2. The minimum atomic E-state index is -1.02. The fraction of sp³-hybridized carbons (Fsp3) is 0.417. The Balaban J connectivity index is 2.99. The summed E-state index contributed by atoms with van der Waals surface area (Å²) in [5, 5.41) is 9.04. The Morgan fingerprint density at radius 3 is 2.50 bits per heavy atom. The van der Waals surface area contributed by atoms with Crippen LogP contribution < -0.4 is 0 Å². The van der Waals surface area contributed by atoms with E-state index < -0.39 is 23.0 Å². The van der Waals surface area contributed by atoms with E-state index in [0.29, 0.717) is 6.42 Å². The maximum absolute atomic E-state index is 13.3. The summed E-state index contributed by atoms with van der Waals surface area (Å²) in [5.74, 6) is -2.32. The number of aliphatic carboxylic acids is 1. The van der Waals surface area contributed by atoms with E-state index in [2.05, 4.69) is 0 Å². The molecule has 0 bridgehead atoms. The first-order valence-electron chi connectivity index (χ1n) is 5.06. The summed E-state index contributed by atoms with van der Waals surface area (Å²) in [7, 11) is 0. The van der Waals surface area contributed by atoms with Gasteiger partial charge in [-0.15, -0.1) is 0 Å². The van der Waals surface area contributed by atoms with Crippen molar-refractivity contribution < 1.29 is 18.7 Å². The summed E-state index contributed by atoms with van der Waals surface area (Å²) in [6.45, 7) is 3.29. The van der Waals surface area contributed by atoms with Crippen LogP contribution in [-0.2, 0) is 11.2 Å². The largest absolute Gasteiger partial charge is 0.481 e. The van der Waals surface area contributed by atoms with E-state index in [-0.39, 0.29) is 12.0 Å². The molecule has 1 rings (SSSR count). The molecular weight excluding hydrogens is 214 g/mol. The van der Waals surface area contributed by atoms with E-state index in [0.717, 1.165) is 12.1 Å². The van der Waals surface area contributed by atoms with Crippen LogP contribution in [0.5, 0.6) is 0 Å². The topological polar surface area (TPSA) is 37.3 Å². The Morgan fingerprint density at radius 1 is 1.44 bits per heavy atom. The van der Waals surface area contributed by atoms with Gasteiger partial charge in [0.2, 0.25) is 0 Å². The summed E-state index contributed by atoms with van der Waals surface area (Å²) in [5.41, 5.74) is -0.785. The van der Waals surface area contributed by atoms with Gasteiger partial charge in [0, 0.05) is 6.07 Å². The van der Waals surface area contributed by atoms with Crippen molar-refractivity contribution >= 4 is 5.97 Å². The van der Waals surface area contributed by atoms with E-state index >= 15 is 0 Å². The summed E-state index contributed by atoms with van der Waals surface area (Å²) in [6, 6.07) is 3.20. The molecular formula is C12H14F2O2. The lowest BCUT2D eigenvalue weighted by Crippen LogP contribution is -2.29. The average Bonchev–Trinajstić information content (AvgIpc) is 2.22. The van der Waals surface area contributed by atoms with E-state index in [1.807, 2.05) is 0 Å². The first-order valence-corrected chi connectivity index (χ1v) is 5.06. The Labute approximate surface area is 92.9 Å². The molecule has 0 heterocycles. The first-order chi connectivity index (χ1) is 7.39. The van der Waals surface area contributed by atoms with Gasteiger partial charge >= 0.3 is 5.97 Å². The maximum Gasteiger partial charge on any atom is 0.309 e. The van der Waals surface area contributed by atoms with Crippen LogP contribution in [0.15, 0.2) is 18.2 Å². The molecule has 0 amide bonds. The molecule has 0 aliphatic rings. The number of rotatable bonds is 4. The number of hydrogen-bond acceptors (Lipinski definition) is 1. The van der Waals surface area contributed by atoms with Crippen LogP contribution in [0.2, 0.25) is 0 Å².